The highest BCUT2D eigenvalue weighted by Crippen LogP contribution is 2.19. The summed E-state index contributed by atoms with van der Waals surface area (Å²) in [4.78, 5) is 20.8. The van der Waals surface area contributed by atoms with Crippen molar-refractivity contribution in [3.63, 3.8) is 0 Å². The van der Waals surface area contributed by atoms with Crippen molar-refractivity contribution < 1.29 is 9.78 Å². The van der Waals surface area contributed by atoms with Crippen molar-refractivity contribution in [1.82, 2.24) is 4.90 Å². The van der Waals surface area contributed by atoms with E-state index in [0.717, 1.165) is 42.4 Å². The molecule has 0 saturated carbocycles. The van der Waals surface area contributed by atoms with E-state index < -0.39 is 0 Å². The number of aryl methyl sites for hydroxylation is 1. The number of pyridine rings is 1. The van der Waals surface area contributed by atoms with Gasteiger partial charge in [-0.2, -0.15) is 0 Å². The quantitative estimate of drug-likeness (QED) is 0.845. The molecule has 0 bridgehead atoms. The predicted molar refractivity (Wildman–Crippen MR) is 80.2 cm³/mol. The first kappa shape index (κ1) is 13.1. The molecule has 20 heavy (non-hydrogen) atoms. The fraction of sp³-hybridized carbons (Fsp3) is 0.333. The number of aromatic amines is 1. The van der Waals surface area contributed by atoms with E-state index in [1.54, 1.807) is 0 Å². The van der Waals surface area contributed by atoms with Crippen LogP contribution in [-0.4, -0.2) is 37.0 Å². The number of hydrogen-bond acceptors (Lipinski definition) is 3. The topological polar surface area (TPSA) is 37.7 Å². The first-order chi connectivity index (χ1) is 9.75. The van der Waals surface area contributed by atoms with Crippen molar-refractivity contribution in [3.05, 3.63) is 46.3 Å². The van der Waals surface area contributed by atoms with Gasteiger partial charge in [-0.1, -0.05) is 6.07 Å². The molecule has 3 rings (SSSR count). The fourth-order valence-electron chi connectivity index (χ4n) is 2.47. The number of thiophene rings is 1. The van der Waals surface area contributed by atoms with E-state index in [0.29, 0.717) is 0 Å². The normalized spacial score (nSPS) is 15.4. The lowest BCUT2D eigenvalue weighted by Gasteiger charge is -2.30. The van der Waals surface area contributed by atoms with E-state index in [1.165, 1.54) is 11.3 Å². The molecule has 3 heterocycles. The summed E-state index contributed by atoms with van der Waals surface area (Å²) in [6.07, 6.45) is 1.93. The van der Waals surface area contributed by atoms with Crippen LogP contribution < -0.4 is 9.88 Å². The number of amides is 1. The van der Waals surface area contributed by atoms with E-state index in [-0.39, 0.29) is 5.91 Å². The van der Waals surface area contributed by atoms with Gasteiger partial charge in [0.15, 0.2) is 0 Å². The van der Waals surface area contributed by atoms with Gasteiger partial charge in [0, 0.05) is 6.07 Å². The first-order valence-corrected chi connectivity index (χ1v) is 7.69. The lowest BCUT2D eigenvalue weighted by molar-refractivity contribution is -0.364. The summed E-state index contributed by atoms with van der Waals surface area (Å²) in [5, 5.41) is 1.98. The maximum absolute atomic E-state index is 12.4. The summed E-state index contributed by atoms with van der Waals surface area (Å²) in [5.74, 6) is 1.29. The van der Waals surface area contributed by atoms with Crippen molar-refractivity contribution in [2.45, 2.75) is 6.92 Å². The largest absolute Gasteiger partial charge is 0.330 e. The monoisotopic (exact) mass is 288 g/mol. The van der Waals surface area contributed by atoms with E-state index in [1.807, 2.05) is 41.6 Å². The zero-order chi connectivity index (χ0) is 13.9. The highest BCUT2D eigenvalue weighted by Gasteiger charge is 2.27. The van der Waals surface area contributed by atoms with Crippen molar-refractivity contribution in [2.24, 2.45) is 0 Å². The molecule has 0 aliphatic carbocycles. The zero-order valence-electron chi connectivity index (χ0n) is 11.5. The molecule has 0 spiro atoms. The summed E-state index contributed by atoms with van der Waals surface area (Å²) < 4.78 is 0. The molecule has 2 aromatic heterocycles. The number of nitrogens with zero attached hydrogens (tertiary/aromatic N) is 2. The summed E-state index contributed by atoms with van der Waals surface area (Å²) in [7, 11) is 0. The summed E-state index contributed by atoms with van der Waals surface area (Å²) in [6.45, 7) is 5.30. The summed E-state index contributed by atoms with van der Waals surface area (Å²) in [5.41, 5.74) is 1.08. The standard InChI is InChI=1S/C15H17N3OS/c1-12-5-11-20-14(12)15(19)18-9-7-17(8-10-18)13-4-2-3-6-16-13/h2-6,11H,7-10H2,1H3/p+1. The molecule has 0 atom stereocenters. The minimum Gasteiger partial charge on any atom is -0.330 e. The lowest BCUT2D eigenvalue weighted by atomic mass is 10.2. The van der Waals surface area contributed by atoms with E-state index in [4.69, 9.17) is 0 Å². The van der Waals surface area contributed by atoms with Crippen LogP contribution in [0, 0.1) is 6.92 Å². The lowest BCUT2D eigenvalue weighted by Crippen LogP contribution is -2.50. The predicted octanol–water partition coefficient (Wildman–Crippen LogP) is 1.83. The Morgan fingerprint density at radius 2 is 2.00 bits per heavy atom. The van der Waals surface area contributed by atoms with Crippen LogP contribution in [0.4, 0.5) is 5.82 Å². The number of rotatable bonds is 2. The number of anilines is 1. The molecule has 0 aromatic carbocycles. The van der Waals surface area contributed by atoms with Gasteiger partial charge < -0.3 is 4.90 Å². The minimum atomic E-state index is 0.175. The molecule has 0 radical (unpaired) electrons. The van der Waals surface area contributed by atoms with Gasteiger partial charge in [-0.05, 0) is 30.0 Å². The van der Waals surface area contributed by atoms with Crippen LogP contribution in [0.5, 0.6) is 0 Å². The average Bonchev–Trinajstić information content (AvgIpc) is 2.94. The molecule has 1 aliphatic heterocycles. The van der Waals surface area contributed by atoms with Crippen molar-refractivity contribution >= 4 is 23.1 Å². The van der Waals surface area contributed by atoms with Gasteiger partial charge in [-0.3, -0.25) is 9.69 Å². The van der Waals surface area contributed by atoms with Gasteiger partial charge in [-0.25, -0.2) is 4.98 Å². The number of hydrogen-bond donors (Lipinski definition) is 0. The Balaban J connectivity index is 1.64. The SMILES string of the molecule is Cc1ccsc1C(=O)N1CCN(c2cccc[nH+]2)CC1. The molecule has 0 unspecified atom stereocenters. The Hall–Kier alpha value is -1.88. The van der Waals surface area contributed by atoms with Crippen LogP contribution in [0.1, 0.15) is 15.2 Å². The number of carbonyl (C=O) groups is 1. The highest BCUT2D eigenvalue weighted by atomic mass is 32.1. The summed E-state index contributed by atoms with van der Waals surface area (Å²) in [6, 6.07) is 8.08. The van der Waals surface area contributed by atoms with Gasteiger partial charge >= 0.3 is 0 Å². The van der Waals surface area contributed by atoms with Gasteiger partial charge in [0.25, 0.3) is 11.7 Å². The molecule has 1 N–H and O–H groups in total. The Kier molecular flexibility index (Phi) is 3.69. The van der Waals surface area contributed by atoms with Crippen LogP contribution in [0.25, 0.3) is 0 Å². The molecular weight excluding hydrogens is 270 g/mol. The Labute approximate surface area is 122 Å². The van der Waals surface area contributed by atoms with Crippen molar-refractivity contribution in [2.75, 3.05) is 31.1 Å². The van der Waals surface area contributed by atoms with Gasteiger partial charge in [0.05, 0.1) is 24.2 Å². The maximum Gasteiger partial charge on any atom is 0.274 e. The average molecular weight is 288 g/mol. The number of nitrogens with one attached hydrogen (secondary N) is 1. The molecule has 5 heteroatoms. The number of aromatic nitrogens is 1. The first-order valence-electron chi connectivity index (χ1n) is 6.81. The summed E-state index contributed by atoms with van der Waals surface area (Å²) >= 11 is 1.54. The zero-order valence-corrected chi connectivity index (χ0v) is 12.3. The smallest absolute Gasteiger partial charge is 0.274 e. The Bertz CT molecular complexity index is 588. The Morgan fingerprint density at radius 3 is 2.60 bits per heavy atom. The van der Waals surface area contributed by atoms with Gasteiger partial charge in [0.1, 0.15) is 13.1 Å². The van der Waals surface area contributed by atoms with E-state index in [9.17, 15) is 4.79 Å². The number of H-pyrrole nitrogens is 1. The third kappa shape index (κ3) is 2.54. The molecule has 104 valence electrons. The number of piperazine rings is 1. The second-order valence-corrected chi connectivity index (χ2v) is 5.88. The maximum atomic E-state index is 12.4. The molecule has 1 fully saturated rings. The van der Waals surface area contributed by atoms with Gasteiger partial charge in [0.2, 0.25) is 0 Å². The van der Waals surface area contributed by atoms with Crippen LogP contribution in [0.3, 0.4) is 0 Å². The van der Waals surface area contributed by atoms with Crippen LogP contribution >= 0.6 is 11.3 Å². The van der Waals surface area contributed by atoms with Gasteiger partial charge in [-0.15, -0.1) is 11.3 Å². The molecule has 1 aliphatic rings. The van der Waals surface area contributed by atoms with Crippen LogP contribution in [-0.2, 0) is 0 Å². The number of carbonyl (C=O) groups excluding carboxylic acids is 1. The molecule has 4 nitrogen and oxygen atoms in total. The van der Waals surface area contributed by atoms with E-state index in [2.05, 4.69) is 16.0 Å². The third-order valence-electron chi connectivity index (χ3n) is 3.66. The van der Waals surface area contributed by atoms with Crippen LogP contribution in [0.15, 0.2) is 35.8 Å². The molecule has 2 aromatic rings. The second-order valence-electron chi connectivity index (χ2n) is 4.96. The fourth-order valence-corrected chi connectivity index (χ4v) is 3.36. The molecule has 1 amide bonds. The molecule has 1 saturated heterocycles. The van der Waals surface area contributed by atoms with Crippen molar-refractivity contribution in [3.8, 4) is 0 Å². The Morgan fingerprint density at radius 1 is 1.20 bits per heavy atom. The molecular formula is C15H18N3OS+. The minimum absolute atomic E-state index is 0.175. The highest BCUT2D eigenvalue weighted by molar-refractivity contribution is 7.12. The van der Waals surface area contributed by atoms with E-state index >= 15 is 0 Å². The van der Waals surface area contributed by atoms with Crippen LogP contribution in [0.2, 0.25) is 0 Å². The second kappa shape index (κ2) is 5.63. The third-order valence-corrected chi connectivity index (χ3v) is 4.66. The van der Waals surface area contributed by atoms with Crippen molar-refractivity contribution in [1.29, 1.82) is 0 Å².